The second kappa shape index (κ2) is 2.86. The van der Waals surface area contributed by atoms with Crippen molar-refractivity contribution in [1.29, 1.82) is 0 Å². The third-order valence-electron chi connectivity index (χ3n) is 3.99. The molecule has 3 heteroatoms. The number of aryl methyl sites for hydroxylation is 1. The Morgan fingerprint density at radius 1 is 1.31 bits per heavy atom. The molecule has 1 saturated carbocycles. The summed E-state index contributed by atoms with van der Waals surface area (Å²) in [7, 11) is 1.99. The van der Waals surface area contributed by atoms with Crippen molar-refractivity contribution < 1.29 is 0 Å². The topological polar surface area (TPSA) is 43.8 Å². The number of para-hydroxylation sites is 1. The zero-order chi connectivity index (χ0) is 11.5. The quantitative estimate of drug-likeness (QED) is 0.791. The van der Waals surface area contributed by atoms with Gasteiger partial charge in [0.2, 0.25) is 0 Å². The molecule has 0 bridgehead atoms. The summed E-state index contributed by atoms with van der Waals surface area (Å²) >= 11 is 0. The van der Waals surface area contributed by atoms with E-state index in [0.717, 1.165) is 5.69 Å². The molecule has 2 atom stereocenters. The first-order valence-electron chi connectivity index (χ1n) is 5.70. The van der Waals surface area contributed by atoms with Crippen LogP contribution >= 0.6 is 0 Å². The molecule has 0 radical (unpaired) electrons. The highest BCUT2D eigenvalue weighted by molar-refractivity contribution is 5.83. The molecular formula is C13H17N3. The minimum absolute atomic E-state index is 0.192. The largest absolute Gasteiger partial charge is 0.327 e. The predicted octanol–water partition coefficient (Wildman–Crippen LogP) is 2.02. The van der Waals surface area contributed by atoms with Gasteiger partial charge in [-0.25, -0.2) is 0 Å². The van der Waals surface area contributed by atoms with Crippen molar-refractivity contribution in [2.45, 2.75) is 25.8 Å². The second-order valence-corrected chi connectivity index (χ2v) is 5.35. The van der Waals surface area contributed by atoms with E-state index in [2.05, 4.69) is 37.1 Å². The van der Waals surface area contributed by atoms with Gasteiger partial charge in [0, 0.05) is 24.4 Å². The van der Waals surface area contributed by atoms with Crippen molar-refractivity contribution in [3.8, 4) is 0 Å². The molecule has 1 aliphatic carbocycles. The first kappa shape index (κ1) is 9.85. The number of rotatable bonds is 1. The zero-order valence-electron chi connectivity index (χ0n) is 9.94. The highest BCUT2D eigenvalue weighted by Crippen LogP contribution is 2.57. The lowest BCUT2D eigenvalue weighted by molar-refractivity contribution is 0.592. The molecule has 2 N–H and O–H groups in total. The maximum absolute atomic E-state index is 6.13. The summed E-state index contributed by atoms with van der Waals surface area (Å²) in [6.07, 6.45) is 0. The van der Waals surface area contributed by atoms with Crippen LogP contribution in [0.3, 0.4) is 0 Å². The number of nitrogens with two attached hydrogens (primary N) is 1. The van der Waals surface area contributed by atoms with Crippen LogP contribution in [-0.2, 0) is 7.05 Å². The van der Waals surface area contributed by atoms with Crippen LogP contribution in [0.15, 0.2) is 24.3 Å². The van der Waals surface area contributed by atoms with Crippen LogP contribution in [0.5, 0.6) is 0 Å². The van der Waals surface area contributed by atoms with Gasteiger partial charge >= 0.3 is 0 Å². The molecule has 1 heterocycles. The first-order chi connectivity index (χ1) is 7.53. The molecular weight excluding hydrogens is 198 g/mol. The van der Waals surface area contributed by atoms with Crippen molar-refractivity contribution in [1.82, 2.24) is 9.78 Å². The molecule has 2 aromatic rings. The number of fused-ring (bicyclic) bond motifs is 1. The van der Waals surface area contributed by atoms with Gasteiger partial charge < -0.3 is 5.73 Å². The van der Waals surface area contributed by atoms with Crippen molar-refractivity contribution >= 4 is 10.9 Å². The van der Waals surface area contributed by atoms with Crippen LogP contribution in [0.25, 0.3) is 10.9 Å². The van der Waals surface area contributed by atoms with Crippen molar-refractivity contribution in [3.63, 3.8) is 0 Å². The minimum atomic E-state index is 0.192. The van der Waals surface area contributed by atoms with Crippen molar-refractivity contribution in [2.75, 3.05) is 0 Å². The molecule has 0 spiro atoms. The minimum Gasteiger partial charge on any atom is -0.327 e. The van der Waals surface area contributed by atoms with E-state index in [1.165, 1.54) is 10.9 Å². The van der Waals surface area contributed by atoms with Crippen LogP contribution in [0.4, 0.5) is 0 Å². The van der Waals surface area contributed by atoms with E-state index in [4.69, 9.17) is 5.73 Å². The Hall–Kier alpha value is -1.35. The Balaban J connectivity index is 2.19. The van der Waals surface area contributed by atoms with Crippen LogP contribution in [0.2, 0.25) is 0 Å². The van der Waals surface area contributed by atoms with Crippen LogP contribution in [0.1, 0.15) is 25.5 Å². The monoisotopic (exact) mass is 215 g/mol. The third-order valence-corrected chi connectivity index (χ3v) is 3.99. The van der Waals surface area contributed by atoms with Gasteiger partial charge in [-0.1, -0.05) is 32.0 Å². The number of benzene rings is 1. The Bertz CT molecular complexity index is 553. The van der Waals surface area contributed by atoms with Gasteiger partial charge in [0.15, 0.2) is 0 Å². The van der Waals surface area contributed by atoms with Crippen LogP contribution in [-0.4, -0.2) is 15.8 Å². The molecule has 0 saturated heterocycles. The van der Waals surface area contributed by atoms with E-state index in [9.17, 15) is 0 Å². The lowest BCUT2D eigenvalue weighted by Gasteiger charge is -1.98. The van der Waals surface area contributed by atoms with E-state index in [0.29, 0.717) is 5.92 Å². The van der Waals surface area contributed by atoms with Gasteiger partial charge in [0.25, 0.3) is 0 Å². The van der Waals surface area contributed by atoms with Crippen LogP contribution < -0.4 is 5.73 Å². The van der Waals surface area contributed by atoms with Gasteiger partial charge in [0.05, 0.1) is 11.2 Å². The van der Waals surface area contributed by atoms with E-state index >= 15 is 0 Å². The van der Waals surface area contributed by atoms with Gasteiger partial charge in [-0.05, 0) is 11.5 Å². The average molecular weight is 215 g/mol. The van der Waals surface area contributed by atoms with E-state index in [1.54, 1.807) is 0 Å². The standard InChI is InChI=1S/C13H17N3/c1-13(2)10(12(13)14)11-8-6-4-5-7-9(8)16(3)15-11/h4-7,10,12H,14H2,1-3H3. The maximum Gasteiger partial charge on any atom is 0.0755 e. The summed E-state index contributed by atoms with van der Waals surface area (Å²) in [5, 5.41) is 5.88. The number of aromatic nitrogens is 2. The molecule has 1 aromatic carbocycles. The highest BCUT2D eigenvalue weighted by atomic mass is 15.3. The maximum atomic E-state index is 6.13. The zero-order valence-corrected chi connectivity index (χ0v) is 9.94. The Labute approximate surface area is 95.2 Å². The van der Waals surface area contributed by atoms with Gasteiger partial charge in [0.1, 0.15) is 0 Å². The second-order valence-electron chi connectivity index (χ2n) is 5.35. The van der Waals surface area contributed by atoms with Crippen molar-refractivity contribution in [3.05, 3.63) is 30.0 Å². The molecule has 3 rings (SSSR count). The summed E-state index contributed by atoms with van der Waals surface area (Å²) in [6, 6.07) is 8.59. The molecule has 2 unspecified atom stereocenters. The lowest BCUT2D eigenvalue weighted by Crippen LogP contribution is -2.06. The first-order valence-corrected chi connectivity index (χ1v) is 5.70. The molecule has 0 aliphatic heterocycles. The lowest BCUT2D eigenvalue weighted by atomic mass is 10.1. The molecule has 84 valence electrons. The molecule has 16 heavy (non-hydrogen) atoms. The predicted molar refractivity (Wildman–Crippen MR) is 65.2 cm³/mol. The molecule has 1 aromatic heterocycles. The average Bonchev–Trinajstić information content (AvgIpc) is 2.60. The van der Waals surface area contributed by atoms with Gasteiger partial charge in [-0.15, -0.1) is 0 Å². The summed E-state index contributed by atoms with van der Waals surface area (Å²) in [5.74, 6) is 0.401. The summed E-state index contributed by atoms with van der Waals surface area (Å²) in [4.78, 5) is 0. The van der Waals surface area contributed by atoms with E-state index in [1.807, 2.05) is 17.8 Å². The fraction of sp³-hybridized carbons (Fsp3) is 0.462. The molecule has 3 nitrogen and oxygen atoms in total. The number of nitrogens with zero attached hydrogens (tertiary/aromatic N) is 2. The van der Waals surface area contributed by atoms with E-state index in [-0.39, 0.29) is 11.5 Å². The van der Waals surface area contributed by atoms with Crippen LogP contribution in [0, 0.1) is 5.41 Å². The summed E-state index contributed by atoms with van der Waals surface area (Å²) in [6.45, 7) is 4.43. The molecule has 0 amide bonds. The number of hydrogen-bond donors (Lipinski definition) is 1. The number of hydrogen-bond acceptors (Lipinski definition) is 2. The summed E-state index contributed by atoms with van der Waals surface area (Å²) < 4.78 is 1.95. The third kappa shape index (κ3) is 1.09. The Morgan fingerprint density at radius 3 is 2.56 bits per heavy atom. The van der Waals surface area contributed by atoms with Gasteiger partial charge in [-0.3, -0.25) is 4.68 Å². The fourth-order valence-corrected chi connectivity index (χ4v) is 2.67. The Kier molecular flexibility index (Phi) is 1.76. The normalized spacial score (nSPS) is 27.2. The van der Waals surface area contributed by atoms with E-state index < -0.39 is 0 Å². The van der Waals surface area contributed by atoms with Crippen molar-refractivity contribution in [2.24, 2.45) is 18.2 Å². The van der Waals surface area contributed by atoms with Gasteiger partial charge in [-0.2, -0.15) is 5.10 Å². The smallest absolute Gasteiger partial charge is 0.0755 e. The SMILES string of the molecule is Cn1nc(C2C(N)C2(C)C)c2ccccc21. The Morgan fingerprint density at radius 2 is 1.94 bits per heavy atom. The molecule has 1 fully saturated rings. The molecule has 1 aliphatic rings. The highest BCUT2D eigenvalue weighted by Gasteiger charge is 2.57. The summed E-state index contributed by atoms with van der Waals surface area (Å²) in [5.41, 5.74) is 8.67. The fourth-order valence-electron chi connectivity index (χ4n) is 2.67.